The van der Waals surface area contributed by atoms with Gasteiger partial charge in [-0.25, -0.2) is 0 Å². The van der Waals surface area contributed by atoms with Gasteiger partial charge in [-0.05, 0) is 25.0 Å². The molecule has 5 heteroatoms. The molecule has 2 rings (SSSR count). The van der Waals surface area contributed by atoms with Crippen molar-refractivity contribution in [2.24, 2.45) is 0 Å². The number of carbonyl (C=O) groups is 1. The Kier molecular flexibility index (Phi) is 5.68. The smallest absolute Gasteiger partial charge is 0.221 e. The summed E-state index contributed by atoms with van der Waals surface area (Å²) in [6.45, 7) is 1.92. The van der Waals surface area contributed by atoms with Gasteiger partial charge < -0.3 is 20.1 Å². The van der Waals surface area contributed by atoms with E-state index in [0.29, 0.717) is 32.2 Å². The highest BCUT2D eigenvalue weighted by molar-refractivity contribution is 5.76. The van der Waals surface area contributed by atoms with Gasteiger partial charge in [0, 0.05) is 25.6 Å². The van der Waals surface area contributed by atoms with Gasteiger partial charge in [0.25, 0.3) is 0 Å². The molecule has 0 aliphatic heterocycles. The highest BCUT2D eigenvalue weighted by atomic mass is 16.5. The molecule has 110 valence electrons. The topological polar surface area (TPSA) is 59.6 Å². The molecular weight excluding hydrogens is 256 g/mol. The van der Waals surface area contributed by atoms with Crippen LogP contribution in [0.25, 0.3) is 0 Å². The van der Waals surface area contributed by atoms with Crippen molar-refractivity contribution in [3.8, 4) is 11.5 Å². The van der Waals surface area contributed by atoms with E-state index in [2.05, 4.69) is 10.6 Å². The number of carbonyl (C=O) groups excluding carboxylic acids is 1. The van der Waals surface area contributed by atoms with Gasteiger partial charge >= 0.3 is 0 Å². The molecule has 0 radical (unpaired) electrons. The molecule has 1 aromatic rings. The quantitative estimate of drug-likeness (QED) is 0.669. The molecule has 0 aromatic heterocycles. The van der Waals surface area contributed by atoms with Gasteiger partial charge in [-0.3, -0.25) is 4.79 Å². The molecule has 0 saturated heterocycles. The van der Waals surface area contributed by atoms with Crippen molar-refractivity contribution >= 4 is 5.91 Å². The number of methoxy groups -OCH3 is 1. The fraction of sp³-hybridized carbons (Fsp3) is 0.533. The minimum absolute atomic E-state index is 0.130. The van der Waals surface area contributed by atoms with Gasteiger partial charge in [0.1, 0.15) is 6.61 Å². The minimum Gasteiger partial charge on any atom is -0.493 e. The second kappa shape index (κ2) is 7.75. The standard InChI is InChI=1S/C15H22N2O3/c1-19-13-4-2-3-5-14(13)20-11-10-16-9-8-15(18)17-12-6-7-12/h2-5,12,16H,6-11H2,1H3,(H,17,18). The van der Waals surface area contributed by atoms with Crippen molar-refractivity contribution in [2.45, 2.75) is 25.3 Å². The predicted octanol–water partition coefficient (Wildman–Crippen LogP) is 1.33. The van der Waals surface area contributed by atoms with Crippen LogP contribution in [-0.2, 0) is 4.79 Å². The number of amides is 1. The average molecular weight is 278 g/mol. The SMILES string of the molecule is COc1ccccc1OCCNCCC(=O)NC1CC1. The summed E-state index contributed by atoms with van der Waals surface area (Å²) in [6.07, 6.45) is 2.78. The third-order valence-corrected chi connectivity index (χ3v) is 3.08. The lowest BCUT2D eigenvalue weighted by Crippen LogP contribution is -2.30. The maximum atomic E-state index is 11.4. The summed E-state index contributed by atoms with van der Waals surface area (Å²) in [7, 11) is 1.62. The highest BCUT2D eigenvalue weighted by Gasteiger charge is 2.22. The van der Waals surface area contributed by atoms with Crippen LogP contribution in [0.5, 0.6) is 11.5 Å². The zero-order valence-corrected chi connectivity index (χ0v) is 11.9. The molecule has 5 nitrogen and oxygen atoms in total. The van der Waals surface area contributed by atoms with Crippen LogP contribution in [0.15, 0.2) is 24.3 Å². The van der Waals surface area contributed by atoms with E-state index in [4.69, 9.17) is 9.47 Å². The van der Waals surface area contributed by atoms with E-state index < -0.39 is 0 Å². The van der Waals surface area contributed by atoms with E-state index in [-0.39, 0.29) is 5.91 Å². The van der Waals surface area contributed by atoms with Crippen molar-refractivity contribution in [1.82, 2.24) is 10.6 Å². The van der Waals surface area contributed by atoms with Crippen LogP contribution in [0.3, 0.4) is 0 Å². The Labute approximate surface area is 119 Å². The van der Waals surface area contributed by atoms with Crippen molar-refractivity contribution in [3.05, 3.63) is 24.3 Å². The number of para-hydroxylation sites is 2. The number of rotatable bonds is 9. The van der Waals surface area contributed by atoms with Crippen LogP contribution in [0.4, 0.5) is 0 Å². The molecule has 0 heterocycles. The fourth-order valence-electron chi connectivity index (χ4n) is 1.83. The Hall–Kier alpha value is -1.75. The molecule has 1 fully saturated rings. The van der Waals surface area contributed by atoms with Crippen molar-refractivity contribution in [1.29, 1.82) is 0 Å². The van der Waals surface area contributed by atoms with E-state index >= 15 is 0 Å². The largest absolute Gasteiger partial charge is 0.493 e. The maximum absolute atomic E-state index is 11.4. The molecule has 2 N–H and O–H groups in total. The summed E-state index contributed by atoms with van der Waals surface area (Å²) in [5.41, 5.74) is 0. The fourth-order valence-corrected chi connectivity index (χ4v) is 1.83. The Balaban J connectivity index is 1.53. The number of hydrogen-bond acceptors (Lipinski definition) is 4. The first-order valence-corrected chi connectivity index (χ1v) is 7.05. The van der Waals surface area contributed by atoms with Crippen LogP contribution >= 0.6 is 0 Å². The van der Waals surface area contributed by atoms with Crippen LogP contribution in [0.2, 0.25) is 0 Å². The maximum Gasteiger partial charge on any atom is 0.221 e. The Morgan fingerprint density at radius 1 is 1.25 bits per heavy atom. The lowest BCUT2D eigenvalue weighted by Gasteiger charge is -2.10. The lowest BCUT2D eigenvalue weighted by molar-refractivity contribution is -0.121. The van der Waals surface area contributed by atoms with Gasteiger partial charge in [-0.2, -0.15) is 0 Å². The first kappa shape index (κ1) is 14.7. The first-order valence-electron chi connectivity index (χ1n) is 7.05. The van der Waals surface area contributed by atoms with Gasteiger partial charge in [-0.1, -0.05) is 12.1 Å². The molecule has 1 aliphatic rings. The van der Waals surface area contributed by atoms with E-state index in [9.17, 15) is 4.79 Å². The second-order valence-corrected chi connectivity index (χ2v) is 4.84. The van der Waals surface area contributed by atoms with E-state index in [0.717, 1.165) is 24.3 Å². The van der Waals surface area contributed by atoms with E-state index in [1.165, 1.54) is 0 Å². The number of hydrogen-bond donors (Lipinski definition) is 2. The van der Waals surface area contributed by atoms with Crippen LogP contribution in [0.1, 0.15) is 19.3 Å². The third kappa shape index (κ3) is 5.09. The van der Waals surface area contributed by atoms with Crippen LogP contribution in [-0.4, -0.2) is 38.8 Å². The normalized spacial score (nSPS) is 13.8. The molecule has 0 atom stereocenters. The van der Waals surface area contributed by atoms with E-state index in [1.54, 1.807) is 7.11 Å². The zero-order valence-electron chi connectivity index (χ0n) is 11.9. The van der Waals surface area contributed by atoms with E-state index in [1.807, 2.05) is 24.3 Å². The molecule has 1 saturated carbocycles. The van der Waals surface area contributed by atoms with Gasteiger partial charge in [0.15, 0.2) is 11.5 Å². The molecule has 1 aromatic carbocycles. The molecule has 0 bridgehead atoms. The number of benzene rings is 1. The van der Waals surface area contributed by atoms with Gasteiger partial charge in [0.05, 0.1) is 7.11 Å². The second-order valence-electron chi connectivity index (χ2n) is 4.84. The predicted molar refractivity (Wildman–Crippen MR) is 77.1 cm³/mol. The molecule has 0 spiro atoms. The number of ether oxygens (including phenoxy) is 2. The Morgan fingerprint density at radius 3 is 2.70 bits per heavy atom. The molecule has 20 heavy (non-hydrogen) atoms. The summed E-state index contributed by atoms with van der Waals surface area (Å²) < 4.78 is 10.8. The van der Waals surface area contributed by atoms with Gasteiger partial charge in [0.2, 0.25) is 5.91 Å². The average Bonchev–Trinajstić information content (AvgIpc) is 3.27. The van der Waals surface area contributed by atoms with Crippen LogP contribution in [0, 0.1) is 0 Å². The summed E-state index contributed by atoms with van der Waals surface area (Å²) in [6, 6.07) is 8.00. The summed E-state index contributed by atoms with van der Waals surface area (Å²) in [5, 5.41) is 6.15. The Bertz CT molecular complexity index is 433. The first-order chi connectivity index (χ1) is 9.79. The van der Waals surface area contributed by atoms with Crippen LogP contribution < -0.4 is 20.1 Å². The summed E-state index contributed by atoms with van der Waals surface area (Å²) in [4.78, 5) is 11.4. The summed E-state index contributed by atoms with van der Waals surface area (Å²) in [5.74, 6) is 1.60. The molecule has 1 aliphatic carbocycles. The third-order valence-electron chi connectivity index (χ3n) is 3.08. The highest BCUT2D eigenvalue weighted by Crippen LogP contribution is 2.25. The van der Waals surface area contributed by atoms with Crippen molar-refractivity contribution in [3.63, 3.8) is 0 Å². The monoisotopic (exact) mass is 278 g/mol. The molecular formula is C15H22N2O3. The van der Waals surface area contributed by atoms with Crippen molar-refractivity contribution < 1.29 is 14.3 Å². The molecule has 0 unspecified atom stereocenters. The number of nitrogens with one attached hydrogen (secondary N) is 2. The van der Waals surface area contributed by atoms with Gasteiger partial charge in [-0.15, -0.1) is 0 Å². The minimum atomic E-state index is 0.130. The lowest BCUT2D eigenvalue weighted by atomic mass is 10.3. The summed E-state index contributed by atoms with van der Waals surface area (Å²) >= 11 is 0. The zero-order chi connectivity index (χ0) is 14.2. The van der Waals surface area contributed by atoms with Crippen molar-refractivity contribution in [2.75, 3.05) is 26.8 Å². The molecule has 1 amide bonds. The Morgan fingerprint density at radius 2 is 2.00 bits per heavy atom.